The van der Waals surface area contributed by atoms with Crippen molar-refractivity contribution in [3.8, 4) is 0 Å². The smallest absolute Gasteiger partial charge is 0.146 e. The van der Waals surface area contributed by atoms with E-state index in [1.165, 1.54) is 6.07 Å². The number of rotatable bonds is 3. The molecule has 2 aromatic rings. The molecule has 2 N–H and O–H groups in total. The molecule has 0 saturated heterocycles. The van der Waals surface area contributed by atoms with Crippen molar-refractivity contribution < 1.29 is 4.39 Å². The second-order valence-electron chi connectivity index (χ2n) is 3.67. The van der Waals surface area contributed by atoms with Gasteiger partial charge in [-0.2, -0.15) is 0 Å². The van der Waals surface area contributed by atoms with E-state index in [0.29, 0.717) is 12.1 Å². The Kier molecular flexibility index (Phi) is 3.27. The molecule has 0 amide bonds. The van der Waals surface area contributed by atoms with Gasteiger partial charge < -0.3 is 5.73 Å². The molecule has 0 saturated carbocycles. The van der Waals surface area contributed by atoms with E-state index in [0.717, 1.165) is 5.56 Å². The summed E-state index contributed by atoms with van der Waals surface area (Å²) in [5.74, 6) is -0.342. The fourth-order valence-electron chi connectivity index (χ4n) is 1.64. The van der Waals surface area contributed by atoms with Gasteiger partial charge in [0.05, 0.1) is 11.7 Å². The number of pyridine rings is 1. The van der Waals surface area contributed by atoms with Gasteiger partial charge in [0.15, 0.2) is 0 Å². The molecule has 0 aliphatic heterocycles. The van der Waals surface area contributed by atoms with Crippen LogP contribution in [0.2, 0.25) is 0 Å². The van der Waals surface area contributed by atoms with E-state index in [1.54, 1.807) is 12.3 Å². The Bertz CT molecular complexity index is 456. The maximum Gasteiger partial charge on any atom is 0.146 e. The Morgan fingerprint density at radius 2 is 1.88 bits per heavy atom. The van der Waals surface area contributed by atoms with Crippen LogP contribution in [0, 0.1) is 5.82 Å². The summed E-state index contributed by atoms with van der Waals surface area (Å²) < 4.78 is 13.4. The highest BCUT2D eigenvalue weighted by Gasteiger charge is 2.12. The average molecular weight is 216 g/mol. The molecule has 1 unspecified atom stereocenters. The van der Waals surface area contributed by atoms with Crippen molar-refractivity contribution in [2.45, 2.75) is 12.5 Å². The number of aromatic nitrogens is 1. The summed E-state index contributed by atoms with van der Waals surface area (Å²) >= 11 is 0. The van der Waals surface area contributed by atoms with E-state index in [9.17, 15) is 4.39 Å². The first kappa shape index (κ1) is 10.8. The van der Waals surface area contributed by atoms with Gasteiger partial charge in [0, 0.05) is 6.20 Å². The highest BCUT2D eigenvalue weighted by molar-refractivity contribution is 5.19. The SMILES string of the molecule is NC(Cc1ccccc1)c1ncccc1F. The molecule has 3 heteroatoms. The second kappa shape index (κ2) is 4.86. The van der Waals surface area contributed by atoms with Crippen LogP contribution in [0.3, 0.4) is 0 Å². The van der Waals surface area contributed by atoms with Crippen LogP contribution in [-0.2, 0) is 6.42 Å². The molecule has 1 aromatic carbocycles. The van der Waals surface area contributed by atoms with Crippen LogP contribution in [-0.4, -0.2) is 4.98 Å². The van der Waals surface area contributed by atoms with Crippen LogP contribution in [0.4, 0.5) is 4.39 Å². The van der Waals surface area contributed by atoms with Gasteiger partial charge in [0.25, 0.3) is 0 Å². The molecule has 0 radical (unpaired) electrons. The van der Waals surface area contributed by atoms with Crippen LogP contribution in [0.5, 0.6) is 0 Å². The Labute approximate surface area is 93.9 Å². The van der Waals surface area contributed by atoms with Gasteiger partial charge >= 0.3 is 0 Å². The van der Waals surface area contributed by atoms with Crippen molar-refractivity contribution in [3.63, 3.8) is 0 Å². The van der Waals surface area contributed by atoms with Gasteiger partial charge in [-0.3, -0.25) is 4.98 Å². The van der Waals surface area contributed by atoms with Gasteiger partial charge in [-0.15, -0.1) is 0 Å². The maximum absolute atomic E-state index is 13.4. The molecule has 0 spiro atoms. The highest BCUT2D eigenvalue weighted by Crippen LogP contribution is 2.16. The van der Waals surface area contributed by atoms with E-state index in [4.69, 9.17) is 5.73 Å². The van der Waals surface area contributed by atoms with E-state index in [2.05, 4.69) is 4.98 Å². The summed E-state index contributed by atoms with van der Waals surface area (Å²) in [6.07, 6.45) is 2.15. The monoisotopic (exact) mass is 216 g/mol. The summed E-state index contributed by atoms with van der Waals surface area (Å²) in [5, 5.41) is 0. The zero-order valence-electron chi connectivity index (χ0n) is 8.81. The van der Waals surface area contributed by atoms with Gasteiger partial charge in [-0.05, 0) is 24.1 Å². The van der Waals surface area contributed by atoms with Crippen molar-refractivity contribution in [1.82, 2.24) is 4.98 Å². The first-order valence-corrected chi connectivity index (χ1v) is 5.17. The van der Waals surface area contributed by atoms with Crippen LogP contribution in [0.25, 0.3) is 0 Å². The summed E-state index contributed by atoms with van der Waals surface area (Å²) in [4.78, 5) is 3.97. The fourth-order valence-corrected chi connectivity index (χ4v) is 1.64. The van der Waals surface area contributed by atoms with Crippen molar-refractivity contribution >= 4 is 0 Å². The summed E-state index contributed by atoms with van der Waals surface area (Å²) in [6, 6.07) is 12.3. The number of nitrogens with zero attached hydrogens (tertiary/aromatic N) is 1. The topological polar surface area (TPSA) is 38.9 Å². The van der Waals surface area contributed by atoms with Gasteiger partial charge in [-0.25, -0.2) is 4.39 Å². The third-order valence-electron chi connectivity index (χ3n) is 2.44. The largest absolute Gasteiger partial charge is 0.322 e. The molecular weight excluding hydrogens is 203 g/mol. The van der Waals surface area contributed by atoms with Crippen LogP contribution in [0.1, 0.15) is 17.3 Å². The maximum atomic E-state index is 13.4. The zero-order chi connectivity index (χ0) is 11.4. The van der Waals surface area contributed by atoms with Crippen molar-refractivity contribution in [2.75, 3.05) is 0 Å². The normalized spacial score (nSPS) is 12.4. The molecule has 0 fully saturated rings. The van der Waals surface area contributed by atoms with E-state index >= 15 is 0 Å². The highest BCUT2D eigenvalue weighted by atomic mass is 19.1. The lowest BCUT2D eigenvalue weighted by Gasteiger charge is -2.11. The number of nitrogens with two attached hydrogens (primary N) is 1. The predicted molar refractivity (Wildman–Crippen MR) is 61.3 cm³/mol. The number of hydrogen-bond donors (Lipinski definition) is 1. The molecule has 2 rings (SSSR count). The molecule has 1 heterocycles. The third-order valence-corrected chi connectivity index (χ3v) is 2.44. The zero-order valence-corrected chi connectivity index (χ0v) is 8.81. The van der Waals surface area contributed by atoms with Crippen LogP contribution < -0.4 is 5.73 Å². The fraction of sp³-hybridized carbons (Fsp3) is 0.154. The number of hydrogen-bond acceptors (Lipinski definition) is 2. The lowest BCUT2D eigenvalue weighted by atomic mass is 10.0. The van der Waals surface area contributed by atoms with Gasteiger partial charge in [0.1, 0.15) is 5.82 Å². The summed E-state index contributed by atoms with van der Waals surface area (Å²) in [7, 11) is 0. The molecule has 0 aliphatic rings. The lowest BCUT2D eigenvalue weighted by Crippen LogP contribution is -2.16. The summed E-state index contributed by atoms with van der Waals surface area (Å²) in [6.45, 7) is 0. The molecule has 1 aromatic heterocycles. The quantitative estimate of drug-likeness (QED) is 0.856. The van der Waals surface area contributed by atoms with Crippen molar-refractivity contribution in [2.24, 2.45) is 5.73 Å². The molecular formula is C13H13FN2. The molecule has 0 bridgehead atoms. The summed E-state index contributed by atoms with van der Waals surface area (Å²) in [5.41, 5.74) is 7.33. The predicted octanol–water partition coefficient (Wildman–Crippen LogP) is 2.46. The molecule has 16 heavy (non-hydrogen) atoms. The minimum absolute atomic E-state index is 0.325. The molecule has 1 atom stereocenters. The minimum atomic E-state index is -0.399. The Morgan fingerprint density at radius 1 is 1.12 bits per heavy atom. The average Bonchev–Trinajstić information content (AvgIpc) is 2.31. The van der Waals surface area contributed by atoms with Crippen LogP contribution in [0.15, 0.2) is 48.7 Å². The minimum Gasteiger partial charge on any atom is -0.322 e. The van der Waals surface area contributed by atoms with E-state index in [1.807, 2.05) is 30.3 Å². The second-order valence-corrected chi connectivity index (χ2v) is 3.67. The number of benzene rings is 1. The first-order chi connectivity index (χ1) is 7.77. The first-order valence-electron chi connectivity index (χ1n) is 5.17. The molecule has 2 nitrogen and oxygen atoms in total. The Balaban J connectivity index is 2.15. The molecule has 82 valence electrons. The van der Waals surface area contributed by atoms with Crippen LogP contribution >= 0.6 is 0 Å². The Morgan fingerprint density at radius 3 is 2.56 bits per heavy atom. The van der Waals surface area contributed by atoms with Crippen molar-refractivity contribution in [3.05, 3.63) is 65.7 Å². The third kappa shape index (κ3) is 2.44. The van der Waals surface area contributed by atoms with Gasteiger partial charge in [0.2, 0.25) is 0 Å². The van der Waals surface area contributed by atoms with E-state index in [-0.39, 0.29) is 5.82 Å². The number of halogens is 1. The lowest BCUT2D eigenvalue weighted by molar-refractivity contribution is 0.564. The standard InChI is InChI=1S/C13H13FN2/c14-11-7-4-8-16-13(11)12(15)9-10-5-2-1-3-6-10/h1-8,12H,9,15H2. The Hall–Kier alpha value is -1.74. The van der Waals surface area contributed by atoms with E-state index < -0.39 is 6.04 Å². The van der Waals surface area contributed by atoms with Crippen molar-refractivity contribution in [1.29, 1.82) is 0 Å². The van der Waals surface area contributed by atoms with Gasteiger partial charge in [-0.1, -0.05) is 30.3 Å². The molecule has 0 aliphatic carbocycles.